The minimum absolute atomic E-state index is 0.125. The Morgan fingerprint density at radius 2 is 2.29 bits per heavy atom. The van der Waals surface area contributed by atoms with Gasteiger partial charge in [0.05, 0.1) is 4.92 Å². The molecule has 94 valence electrons. The smallest absolute Gasteiger partial charge is 0.329 e. The van der Waals surface area contributed by atoms with E-state index in [4.69, 9.17) is 5.73 Å². The largest absolute Gasteiger partial charge is 0.378 e. The summed E-state index contributed by atoms with van der Waals surface area (Å²) in [7, 11) is 3.97. The van der Waals surface area contributed by atoms with Crippen LogP contribution in [0.1, 0.15) is 6.42 Å². The molecule has 17 heavy (non-hydrogen) atoms. The first kappa shape index (κ1) is 13.1. The predicted molar refractivity (Wildman–Crippen MR) is 64.8 cm³/mol. The minimum atomic E-state index is -0.606. The molecule has 8 nitrogen and oxygen atoms in total. The van der Waals surface area contributed by atoms with Gasteiger partial charge in [0.15, 0.2) is 0 Å². The molecule has 0 saturated heterocycles. The van der Waals surface area contributed by atoms with Gasteiger partial charge in [0.1, 0.15) is 6.20 Å². The molecule has 8 heteroatoms. The normalized spacial score (nSPS) is 10.5. The Hall–Kier alpha value is -1.96. The molecule has 1 aromatic rings. The lowest BCUT2D eigenvalue weighted by Crippen LogP contribution is -2.17. The first-order valence-electron chi connectivity index (χ1n) is 5.16. The molecule has 0 aliphatic heterocycles. The van der Waals surface area contributed by atoms with Gasteiger partial charge in [-0.05, 0) is 27.1 Å². The second kappa shape index (κ2) is 5.94. The summed E-state index contributed by atoms with van der Waals surface area (Å²) in [6.45, 7) is 1.63. The Morgan fingerprint density at radius 3 is 2.82 bits per heavy atom. The second-order valence-corrected chi connectivity index (χ2v) is 3.80. The monoisotopic (exact) mass is 240 g/mol. The van der Waals surface area contributed by atoms with Crippen LogP contribution in [0, 0.1) is 10.1 Å². The van der Waals surface area contributed by atoms with Crippen LogP contribution in [-0.2, 0) is 0 Å². The highest BCUT2D eigenvalue weighted by atomic mass is 16.6. The summed E-state index contributed by atoms with van der Waals surface area (Å²) < 4.78 is 0. The highest BCUT2D eigenvalue weighted by molar-refractivity contribution is 5.53. The number of anilines is 2. The third-order valence-corrected chi connectivity index (χ3v) is 2.06. The van der Waals surface area contributed by atoms with Crippen molar-refractivity contribution in [3.63, 3.8) is 0 Å². The summed E-state index contributed by atoms with van der Waals surface area (Å²) in [5.41, 5.74) is 5.16. The first-order valence-corrected chi connectivity index (χ1v) is 5.16. The van der Waals surface area contributed by atoms with Crippen molar-refractivity contribution >= 4 is 17.5 Å². The molecule has 0 fully saturated rings. The van der Waals surface area contributed by atoms with Crippen LogP contribution < -0.4 is 11.1 Å². The molecule has 1 heterocycles. The summed E-state index contributed by atoms with van der Waals surface area (Å²) in [5.74, 6) is 0.187. The zero-order chi connectivity index (χ0) is 12.8. The molecule has 1 rings (SSSR count). The summed E-state index contributed by atoms with van der Waals surface area (Å²) in [6.07, 6.45) is 2.03. The van der Waals surface area contributed by atoms with E-state index in [2.05, 4.69) is 20.2 Å². The van der Waals surface area contributed by atoms with Gasteiger partial charge in [0, 0.05) is 6.54 Å². The van der Waals surface area contributed by atoms with E-state index < -0.39 is 4.92 Å². The molecular weight excluding hydrogens is 224 g/mol. The van der Waals surface area contributed by atoms with E-state index in [1.165, 1.54) is 0 Å². The topological polar surface area (TPSA) is 110 Å². The molecule has 0 bridgehead atoms. The fraction of sp³-hybridized carbons (Fsp3) is 0.556. The molecule has 0 aliphatic carbocycles. The van der Waals surface area contributed by atoms with Crippen molar-refractivity contribution in [3.05, 3.63) is 16.3 Å². The van der Waals surface area contributed by atoms with Gasteiger partial charge >= 0.3 is 5.69 Å². The molecule has 0 atom stereocenters. The fourth-order valence-electron chi connectivity index (χ4n) is 1.21. The Kier molecular flexibility index (Phi) is 4.58. The summed E-state index contributed by atoms with van der Waals surface area (Å²) >= 11 is 0. The molecule has 0 radical (unpaired) electrons. The van der Waals surface area contributed by atoms with Crippen LogP contribution in [0.5, 0.6) is 0 Å². The highest BCUT2D eigenvalue weighted by Crippen LogP contribution is 2.17. The average molecular weight is 240 g/mol. The molecule has 0 aromatic carbocycles. The third-order valence-electron chi connectivity index (χ3n) is 2.06. The predicted octanol–water partition coefficient (Wildman–Crippen LogP) is 0.331. The maximum atomic E-state index is 10.5. The van der Waals surface area contributed by atoms with Gasteiger partial charge in [-0.25, -0.2) is 4.98 Å². The van der Waals surface area contributed by atoms with Crippen molar-refractivity contribution in [2.45, 2.75) is 6.42 Å². The standard InChI is InChI=1S/C9H16N6O2/c1-14(2)5-3-4-11-9-12-6-7(15(16)17)8(10)13-9/h6H,3-5H2,1-2H3,(H3,10,11,12,13). The van der Waals surface area contributed by atoms with E-state index >= 15 is 0 Å². The minimum Gasteiger partial charge on any atom is -0.378 e. The quantitative estimate of drug-likeness (QED) is 0.418. The van der Waals surface area contributed by atoms with Crippen LogP contribution in [0.3, 0.4) is 0 Å². The van der Waals surface area contributed by atoms with Gasteiger partial charge in [0.2, 0.25) is 11.8 Å². The number of nitrogens with zero attached hydrogens (tertiary/aromatic N) is 4. The van der Waals surface area contributed by atoms with Gasteiger partial charge in [-0.3, -0.25) is 10.1 Å². The van der Waals surface area contributed by atoms with Crippen LogP contribution in [-0.4, -0.2) is 47.0 Å². The number of hydrogen-bond donors (Lipinski definition) is 2. The Bertz CT molecular complexity index is 395. The zero-order valence-electron chi connectivity index (χ0n) is 9.88. The highest BCUT2D eigenvalue weighted by Gasteiger charge is 2.13. The lowest BCUT2D eigenvalue weighted by molar-refractivity contribution is -0.384. The van der Waals surface area contributed by atoms with Crippen LogP contribution >= 0.6 is 0 Å². The summed E-state index contributed by atoms with van der Waals surface area (Å²) in [5, 5.41) is 13.4. The molecule has 1 aromatic heterocycles. The molecular formula is C9H16N6O2. The van der Waals surface area contributed by atoms with E-state index in [1.807, 2.05) is 14.1 Å². The summed E-state index contributed by atoms with van der Waals surface area (Å²) in [4.78, 5) is 19.6. The van der Waals surface area contributed by atoms with E-state index in [9.17, 15) is 10.1 Å². The number of aromatic nitrogens is 2. The Morgan fingerprint density at radius 1 is 1.59 bits per heavy atom. The van der Waals surface area contributed by atoms with Gasteiger partial charge in [0.25, 0.3) is 0 Å². The SMILES string of the molecule is CN(C)CCCNc1ncc([N+](=O)[O-])c(N)n1. The average Bonchev–Trinajstić information content (AvgIpc) is 2.23. The Labute approximate surface area is 99.0 Å². The molecule has 0 spiro atoms. The molecule has 3 N–H and O–H groups in total. The van der Waals surface area contributed by atoms with Crippen molar-refractivity contribution in [1.29, 1.82) is 0 Å². The van der Waals surface area contributed by atoms with Crippen LogP contribution in [0.15, 0.2) is 6.20 Å². The zero-order valence-corrected chi connectivity index (χ0v) is 9.88. The van der Waals surface area contributed by atoms with Gasteiger partial charge in [-0.1, -0.05) is 0 Å². The van der Waals surface area contributed by atoms with Crippen LogP contribution in [0.25, 0.3) is 0 Å². The molecule has 0 unspecified atom stereocenters. The van der Waals surface area contributed by atoms with E-state index in [0.29, 0.717) is 12.5 Å². The molecule has 0 saturated carbocycles. The van der Waals surface area contributed by atoms with Crippen molar-refractivity contribution in [3.8, 4) is 0 Å². The maximum absolute atomic E-state index is 10.5. The number of nitro groups is 1. The second-order valence-electron chi connectivity index (χ2n) is 3.80. The van der Waals surface area contributed by atoms with Crippen molar-refractivity contribution in [2.24, 2.45) is 0 Å². The fourth-order valence-corrected chi connectivity index (χ4v) is 1.21. The maximum Gasteiger partial charge on any atom is 0.329 e. The number of rotatable bonds is 6. The molecule has 0 aliphatic rings. The molecule has 0 amide bonds. The lowest BCUT2D eigenvalue weighted by Gasteiger charge is -2.09. The number of hydrogen-bond acceptors (Lipinski definition) is 7. The number of nitrogens with two attached hydrogens (primary N) is 1. The van der Waals surface area contributed by atoms with Crippen LogP contribution in [0.4, 0.5) is 17.5 Å². The number of nitrogen functional groups attached to an aromatic ring is 1. The summed E-state index contributed by atoms with van der Waals surface area (Å²) in [6, 6.07) is 0. The van der Waals surface area contributed by atoms with Gasteiger partial charge in [-0.15, -0.1) is 0 Å². The van der Waals surface area contributed by atoms with Crippen molar-refractivity contribution in [2.75, 3.05) is 38.2 Å². The lowest BCUT2D eigenvalue weighted by atomic mass is 10.4. The third kappa shape index (κ3) is 4.19. The van der Waals surface area contributed by atoms with Crippen LogP contribution in [0.2, 0.25) is 0 Å². The van der Waals surface area contributed by atoms with Crippen molar-refractivity contribution < 1.29 is 4.92 Å². The van der Waals surface area contributed by atoms with Gasteiger partial charge in [-0.2, -0.15) is 4.98 Å². The van der Waals surface area contributed by atoms with Crippen molar-refractivity contribution in [1.82, 2.24) is 14.9 Å². The van der Waals surface area contributed by atoms with E-state index in [-0.39, 0.29) is 11.5 Å². The van der Waals surface area contributed by atoms with Gasteiger partial charge < -0.3 is 16.0 Å². The number of nitrogens with one attached hydrogen (secondary N) is 1. The first-order chi connectivity index (χ1) is 8.00. The van der Waals surface area contributed by atoms with E-state index in [1.54, 1.807) is 0 Å². The van der Waals surface area contributed by atoms with E-state index in [0.717, 1.165) is 19.2 Å². The Balaban J connectivity index is 2.50.